The van der Waals surface area contributed by atoms with Crippen molar-refractivity contribution in [3.63, 3.8) is 0 Å². The number of hydrogen-bond acceptors (Lipinski definition) is 4. The van der Waals surface area contributed by atoms with E-state index in [0.717, 1.165) is 18.2 Å². The molecule has 0 aromatic heterocycles. The first-order valence-electron chi connectivity index (χ1n) is 8.45. The maximum atomic E-state index is 14.2. The van der Waals surface area contributed by atoms with E-state index in [1.54, 1.807) is 6.92 Å². The molecule has 0 bridgehead atoms. The Morgan fingerprint density at radius 2 is 1.93 bits per heavy atom. The van der Waals surface area contributed by atoms with Gasteiger partial charge in [-0.05, 0) is 36.8 Å². The molecule has 1 aliphatic rings. The topological polar surface area (TPSA) is 67.8 Å². The van der Waals surface area contributed by atoms with E-state index < -0.39 is 34.2 Å². The molecule has 10 heteroatoms. The van der Waals surface area contributed by atoms with Crippen LogP contribution in [0.25, 0.3) is 0 Å². The van der Waals surface area contributed by atoms with Gasteiger partial charge in [-0.3, -0.25) is 14.6 Å². The van der Waals surface area contributed by atoms with E-state index in [1.165, 1.54) is 18.3 Å². The van der Waals surface area contributed by atoms with Gasteiger partial charge in [0.2, 0.25) is 0 Å². The third-order valence-electron chi connectivity index (χ3n) is 3.98. The Morgan fingerprint density at radius 1 is 1.20 bits per heavy atom. The van der Waals surface area contributed by atoms with Gasteiger partial charge < -0.3 is 10.1 Å². The number of dihydropyridines is 1. The largest absolute Gasteiger partial charge is 0.453 e. The highest BCUT2D eigenvalue weighted by Crippen LogP contribution is 2.40. The Balaban J connectivity index is 2.04. The summed E-state index contributed by atoms with van der Waals surface area (Å²) in [5.41, 5.74) is -1.03. The van der Waals surface area contributed by atoms with Crippen LogP contribution in [0.5, 0.6) is 11.5 Å². The lowest BCUT2D eigenvalue weighted by atomic mass is 10.1. The predicted molar refractivity (Wildman–Crippen MR) is 102 cm³/mol. The van der Waals surface area contributed by atoms with Gasteiger partial charge in [-0.25, -0.2) is 4.39 Å². The quantitative estimate of drug-likeness (QED) is 0.690. The molecule has 0 radical (unpaired) electrons. The number of hydrogen-bond donors (Lipinski definition) is 1. The third kappa shape index (κ3) is 4.85. The third-order valence-corrected chi connectivity index (χ3v) is 4.29. The van der Waals surface area contributed by atoms with Crippen molar-refractivity contribution >= 4 is 29.5 Å². The van der Waals surface area contributed by atoms with Crippen LogP contribution in [-0.2, 0) is 11.0 Å². The first kappa shape index (κ1) is 21.5. The van der Waals surface area contributed by atoms with Crippen LogP contribution in [0.15, 0.2) is 47.1 Å². The molecule has 0 aliphatic carbocycles. The zero-order valence-electron chi connectivity index (χ0n) is 15.3. The Kier molecular flexibility index (Phi) is 5.93. The van der Waals surface area contributed by atoms with Crippen molar-refractivity contribution in [3.05, 3.63) is 69.6 Å². The van der Waals surface area contributed by atoms with Crippen LogP contribution in [0.2, 0.25) is 5.02 Å². The minimum Gasteiger partial charge on any atom is -0.453 e. The fraction of sp³-hybridized carbons (Fsp3) is 0.150. The highest BCUT2D eigenvalue weighted by molar-refractivity contribution is 6.32. The van der Waals surface area contributed by atoms with Crippen LogP contribution < -0.4 is 10.1 Å². The smallest absolute Gasteiger partial charge is 0.417 e. The lowest BCUT2D eigenvalue weighted by Gasteiger charge is -2.17. The van der Waals surface area contributed by atoms with Crippen LogP contribution >= 0.6 is 11.6 Å². The van der Waals surface area contributed by atoms with Crippen molar-refractivity contribution in [2.24, 2.45) is 4.99 Å². The Morgan fingerprint density at radius 3 is 2.57 bits per heavy atom. The number of nitrogens with one attached hydrogen (secondary N) is 1. The number of allylic oxidation sites excluding steroid dienone is 1. The average molecular weight is 441 g/mol. The first-order valence-corrected chi connectivity index (χ1v) is 8.83. The van der Waals surface area contributed by atoms with Gasteiger partial charge >= 0.3 is 6.18 Å². The van der Waals surface area contributed by atoms with E-state index in [1.807, 2.05) is 0 Å². The molecule has 0 saturated heterocycles. The standard InChI is InChI=1S/C20H13ClF4N2O3/c1-10-2-3-17(16(22)4-10)30-18-7-14(20(23,24)25)15(21)6-13(18)19(29)27-11-5-12(28)9-26-8-11/h2-8H,9H2,1H3,(H,27,29). The summed E-state index contributed by atoms with van der Waals surface area (Å²) in [5, 5.41) is 1.60. The summed E-state index contributed by atoms with van der Waals surface area (Å²) in [6.07, 6.45) is -2.48. The van der Waals surface area contributed by atoms with Crippen molar-refractivity contribution in [3.8, 4) is 11.5 Å². The lowest BCUT2D eigenvalue weighted by molar-refractivity contribution is -0.137. The number of aliphatic imine (C=N–C) groups is 1. The SMILES string of the molecule is Cc1ccc(Oc2cc(C(F)(F)F)c(Cl)cc2C(=O)NC2=CC(=O)CN=C2)c(F)c1. The summed E-state index contributed by atoms with van der Waals surface area (Å²) in [7, 11) is 0. The van der Waals surface area contributed by atoms with Gasteiger partial charge in [0.1, 0.15) is 12.3 Å². The second kappa shape index (κ2) is 8.27. The fourth-order valence-corrected chi connectivity index (χ4v) is 2.87. The number of rotatable bonds is 4. The summed E-state index contributed by atoms with van der Waals surface area (Å²) in [5.74, 6) is -3.04. The Labute approximate surface area is 173 Å². The summed E-state index contributed by atoms with van der Waals surface area (Å²) >= 11 is 5.73. The number of amides is 1. The predicted octanol–water partition coefficient (Wildman–Crippen LogP) is 4.87. The molecule has 2 aromatic carbocycles. The summed E-state index contributed by atoms with van der Waals surface area (Å²) in [4.78, 5) is 27.8. The van der Waals surface area contributed by atoms with Crippen LogP contribution in [0.3, 0.4) is 0 Å². The van der Waals surface area contributed by atoms with Crippen LogP contribution in [0.4, 0.5) is 17.6 Å². The maximum absolute atomic E-state index is 14.2. The number of carbonyl (C=O) groups is 2. The zero-order chi connectivity index (χ0) is 22.1. The van der Waals surface area contributed by atoms with Crippen molar-refractivity contribution in [2.45, 2.75) is 13.1 Å². The molecule has 0 fully saturated rings. The number of alkyl halides is 3. The highest BCUT2D eigenvalue weighted by atomic mass is 35.5. The van der Waals surface area contributed by atoms with Crippen molar-refractivity contribution in [1.82, 2.24) is 5.32 Å². The summed E-state index contributed by atoms with van der Waals surface area (Å²) < 4.78 is 59.3. The zero-order valence-corrected chi connectivity index (χ0v) is 16.1. The minimum atomic E-state index is -4.83. The molecule has 5 nitrogen and oxygen atoms in total. The highest BCUT2D eigenvalue weighted by Gasteiger charge is 2.35. The van der Waals surface area contributed by atoms with Gasteiger partial charge in [0.05, 0.1) is 21.8 Å². The first-order chi connectivity index (χ1) is 14.0. The molecular weight excluding hydrogens is 428 g/mol. The molecule has 1 N–H and O–H groups in total. The molecule has 3 rings (SSSR count). The number of aryl methyl sites for hydroxylation is 1. The summed E-state index contributed by atoms with van der Waals surface area (Å²) in [6.45, 7) is 1.54. The molecule has 0 unspecified atom stereocenters. The lowest BCUT2D eigenvalue weighted by Crippen LogP contribution is -2.27. The number of ketones is 1. The van der Waals surface area contributed by atoms with Crippen molar-refractivity contribution in [1.29, 1.82) is 0 Å². The molecule has 1 amide bonds. The van der Waals surface area contributed by atoms with Crippen molar-refractivity contribution < 1.29 is 31.9 Å². The van der Waals surface area contributed by atoms with Crippen LogP contribution in [0, 0.1) is 12.7 Å². The fourth-order valence-electron chi connectivity index (χ4n) is 2.60. The van der Waals surface area contributed by atoms with Gasteiger partial charge in [-0.15, -0.1) is 0 Å². The van der Waals surface area contributed by atoms with E-state index in [0.29, 0.717) is 11.6 Å². The Hall–Kier alpha value is -3.20. The van der Waals surface area contributed by atoms with E-state index in [-0.39, 0.29) is 29.3 Å². The molecule has 156 valence electrons. The molecule has 0 atom stereocenters. The number of carbonyl (C=O) groups excluding carboxylic acids is 2. The number of nitrogens with zero attached hydrogens (tertiary/aromatic N) is 1. The normalized spacial score (nSPS) is 13.8. The molecule has 0 spiro atoms. The van der Waals surface area contributed by atoms with Gasteiger partial charge in [-0.1, -0.05) is 17.7 Å². The molecule has 1 heterocycles. The average Bonchev–Trinajstić information content (AvgIpc) is 2.64. The van der Waals surface area contributed by atoms with E-state index in [2.05, 4.69) is 10.3 Å². The van der Waals surface area contributed by atoms with Gasteiger partial charge in [0.15, 0.2) is 17.3 Å². The van der Waals surface area contributed by atoms with Gasteiger partial charge in [0, 0.05) is 12.3 Å². The van der Waals surface area contributed by atoms with E-state index >= 15 is 0 Å². The van der Waals surface area contributed by atoms with Crippen molar-refractivity contribution in [2.75, 3.05) is 6.54 Å². The number of ether oxygens (including phenoxy) is 1. The number of benzene rings is 2. The monoisotopic (exact) mass is 440 g/mol. The Bertz CT molecular complexity index is 1090. The maximum Gasteiger partial charge on any atom is 0.417 e. The minimum absolute atomic E-state index is 0.0414. The van der Waals surface area contributed by atoms with E-state index in [4.69, 9.17) is 16.3 Å². The van der Waals surface area contributed by atoms with Gasteiger partial charge in [0.25, 0.3) is 5.91 Å². The molecule has 2 aromatic rings. The summed E-state index contributed by atoms with van der Waals surface area (Å²) in [6, 6.07) is 5.13. The molecular formula is C20H13ClF4N2O3. The van der Waals surface area contributed by atoms with Crippen LogP contribution in [0.1, 0.15) is 21.5 Å². The van der Waals surface area contributed by atoms with Gasteiger partial charge in [-0.2, -0.15) is 13.2 Å². The molecule has 30 heavy (non-hydrogen) atoms. The van der Waals surface area contributed by atoms with E-state index in [9.17, 15) is 27.2 Å². The van der Waals surface area contributed by atoms with Crippen LogP contribution in [-0.4, -0.2) is 24.4 Å². The number of halogens is 5. The second-order valence-electron chi connectivity index (χ2n) is 6.35. The second-order valence-corrected chi connectivity index (χ2v) is 6.76. The molecule has 1 aliphatic heterocycles. The molecule has 0 saturated carbocycles.